The van der Waals surface area contributed by atoms with Crippen LogP contribution in [0, 0.1) is 11.8 Å². The summed E-state index contributed by atoms with van der Waals surface area (Å²) >= 11 is 0. The first kappa shape index (κ1) is 17.8. The number of amides is 2. The van der Waals surface area contributed by atoms with Crippen molar-refractivity contribution in [3.63, 3.8) is 0 Å². The van der Waals surface area contributed by atoms with Crippen LogP contribution in [0.25, 0.3) is 0 Å². The van der Waals surface area contributed by atoms with Crippen LogP contribution in [0.5, 0.6) is 0 Å². The van der Waals surface area contributed by atoms with Crippen molar-refractivity contribution in [1.82, 2.24) is 10.2 Å². The highest BCUT2D eigenvalue weighted by Gasteiger charge is 2.31. The molecule has 1 aliphatic heterocycles. The molecule has 3 fully saturated rings. The average Bonchev–Trinajstić information content (AvgIpc) is 2.90. The molecule has 0 unspecified atom stereocenters. The largest absolute Gasteiger partial charge is 0.353 e. The first-order valence-corrected chi connectivity index (χ1v) is 10.3. The van der Waals surface area contributed by atoms with Crippen LogP contribution in [0.1, 0.15) is 83.5 Å². The molecule has 2 aliphatic carbocycles. The fourth-order valence-electron chi connectivity index (χ4n) is 4.71. The fraction of sp³-hybridized carbons (Fsp3) is 0.900. The predicted octanol–water partition coefficient (Wildman–Crippen LogP) is 3.64. The van der Waals surface area contributed by atoms with Gasteiger partial charge < -0.3 is 10.2 Å². The Bertz CT molecular complexity index is 415. The van der Waals surface area contributed by atoms with E-state index >= 15 is 0 Å². The number of hydrogen-bond donors (Lipinski definition) is 1. The number of piperidine rings is 1. The van der Waals surface area contributed by atoms with Crippen LogP contribution in [-0.4, -0.2) is 35.8 Å². The maximum Gasteiger partial charge on any atom is 0.225 e. The molecule has 3 aliphatic rings. The average molecular weight is 335 g/mol. The van der Waals surface area contributed by atoms with Gasteiger partial charge in [0.05, 0.1) is 0 Å². The highest BCUT2D eigenvalue weighted by atomic mass is 16.2. The van der Waals surface area contributed by atoms with E-state index in [-0.39, 0.29) is 17.7 Å². The molecule has 0 aromatic rings. The van der Waals surface area contributed by atoms with E-state index in [2.05, 4.69) is 5.32 Å². The van der Waals surface area contributed by atoms with Crippen LogP contribution in [-0.2, 0) is 9.59 Å². The molecule has 1 N–H and O–H groups in total. The van der Waals surface area contributed by atoms with E-state index in [1.807, 2.05) is 4.90 Å². The zero-order valence-electron chi connectivity index (χ0n) is 15.1. The first-order valence-electron chi connectivity index (χ1n) is 10.3. The highest BCUT2D eigenvalue weighted by molar-refractivity contribution is 5.81. The van der Waals surface area contributed by atoms with E-state index < -0.39 is 0 Å². The van der Waals surface area contributed by atoms with Gasteiger partial charge in [-0.2, -0.15) is 0 Å². The molecule has 0 aromatic heterocycles. The molecule has 1 heterocycles. The lowest BCUT2D eigenvalue weighted by atomic mass is 9.87. The van der Waals surface area contributed by atoms with Crippen LogP contribution < -0.4 is 5.32 Å². The van der Waals surface area contributed by atoms with Crippen molar-refractivity contribution in [1.29, 1.82) is 0 Å². The van der Waals surface area contributed by atoms with Gasteiger partial charge in [-0.3, -0.25) is 9.59 Å². The molecule has 2 saturated carbocycles. The van der Waals surface area contributed by atoms with E-state index in [1.54, 1.807) is 0 Å². The third-order valence-corrected chi connectivity index (χ3v) is 6.33. The van der Waals surface area contributed by atoms with Crippen LogP contribution in [0.4, 0.5) is 0 Å². The second kappa shape index (κ2) is 8.87. The monoisotopic (exact) mass is 334 g/mol. The summed E-state index contributed by atoms with van der Waals surface area (Å²) in [6.45, 7) is 1.55. The SMILES string of the molecule is O=C(NC1CCCCCC1)C1CCN(C(=O)C2CCCCC2)CC1. The Balaban J connectivity index is 1.42. The van der Waals surface area contributed by atoms with Crippen molar-refractivity contribution < 1.29 is 9.59 Å². The molecular weight excluding hydrogens is 300 g/mol. The number of rotatable bonds is 3. The number of nitrogens with one attached hydrogen (secondary N) is 1. The minimum Gasteiger partial charge on any atom is -0.353 e. The maximum atomic E-state index is 12.6. The lowest BCUT2D eigenvalue weighted by Crippen LogP contribution is -2.46. The minimum absolute atomic E-state index is 0.114. The van der Waals surface area contributed by atoms with E-state index in [4.69, 9.17) is 0 Å². The Kier molecular flexibility index (Phi) is 6.56. The van der Waals surface area contributed by atoms with Gasteiger partial charge in [-0.05, 0) is 38.5 Å². The molecule has 2 amide bonds. The van der Waals surface area contributed by atoms with Crippen molar-refractivity contribution in [3.05, 3.63) is 0 Å². The molecule has 0 bridgehead atoms. The predicted molar refractivity (Wildman–Crippen MR) is 95.5 cm³/mol. The summed E-state index contributed by atoms with van der Waals surface area (Å²) in [5, 5.41) is 3.29. The summed E-state index contributed by atoms with van der Waals surface area (Å²) < 4.78 is 0. The van der Waals surface area contributed by atoms with Crippen molar-refractivity contribution in [3.8, 4) is 0 Å². The van der Waals surface area contributed by atoms with Gasteiger partial charge in [-0.25, -0.2) is 0 Å². The zero-order valence-corrected chi connectivity index (χ0v) is 15.1. The number of likely N-dealkylation sites (tertiary alicyclic amines) is 1. The number of carbonyl (C=O) groups is 2. The Labute approximate surface area is 146 Å². The molecule has 0 spiro atoms. The molecule has 0 atom stereocenters. The van der Waals surface area contributed by atoms with Gasteiger partial charge >= 0.3 is 0 Å². The van der Waals surface area contributed by atoms with Gasteiger partial charge in [0.25, 0.3) is 0 Å². The van der Waals surface area contributed by atoms with Crippen LogP contribution >= 0.6 is 0 Å². The Morgan fingerprint density at radius 3 is 1.83 bits per heavy atom. The normalized spacial score (nSPS) is 25.2. The second-order valence-corrected chi connectivity index (χ2v) is 8.13. The van der Waals surface area contributed by atoms with Crippen LogP contribution in [0.2, 0.25) is 0 Å². The number of hydrogen-bond acceptors (Lipinski definition) is 2. The highest BCUT2D eigenvalue weighted by Crippen LogP contribution is 2.28. The van der Waals surface area contributed by atoms with Gasteiger partial charge in [0.1, 0.15) is 0 Å². The Morgan fingerprint density at radius 1 is 0.667 bits per heavy atom. The first-order chi connectivity index (χ1) is 11.7. The van der Waals surface area contributed by atoms with Gasteiger partial charge in [-0.15, -0.1) is 0 Å². The third-order valence-electron chi connectivity index (χ3n) is 6.33. The Hall–Kier alpha value is -1.06. The summed E-state index contributed by atoms with van der Waals surface area (Å²) in [5.74, 6) is 0.975. The fourth-order valence-corrected chi connectivity index (χ4v) is 4.71. The van der Waals surface area contributed by atoms with Gasteiger partial charge in [-0.1, -0.05) is 44.9 Å². The van der Waals surface area contributed by atoms with Crippen LogP contribution in [0.15, 0.2) is 0 Å². The van der Waals surface area contributed by atoms with E-state index in [9.17, 15) is 9.59 Å². The lowest BCUT2D eigenvalue weighted by molar-refractivity contribution is -0.140. The minimum atomic E-state index is 0.114. The number of carbonyl (C=O) groups excluding carboxylic acids is 2. The molecule has 136 valence electrons. The van der Waals surface area contributed by atoms with Crippen molar-refractivity contribution in [2.24, 2.45) is 11.8 Å². The standard InChI is InChI=1S/C20H34N2O2/c23-19(21-18-10-6-1-2-7-11-18)16-12-14-22(15-13-16)20(24)17-8-4-3-5-9-17/h16-18H,1-15H2,(H,21,23). The molecule has 1 saturated heterocycles. The lowest BCUT2D eigenvalue weighted by Gasteiger charge is -2.35. The van der Waals surface area contributed by atoms with Gasteiger partial charge in [0.15, 0.2) is 0 Å². The maximum absolute atomic E-state index is 12.6. The van der Waals surface area contributed by atoms with Crippen LogP contribution in [0.3, 0.4) is 0 Å². The van der Waals surface area contributed by atoms with Gasteiger partial charge in [0, 0.05) is 31.0 Å². The zero-order chi connectivity index (χ0) is 16.8. The summed E-state index contributed by atoms with van der Waals surface area (Å²) in [6.07, 6.45) is 14.9. The summed E-state index contributed by atoms with van der Waals surface area (Å²) in [5.41, 5.74) is 0. The molecule has 4 heteroatoms. The summed E-state index contributed by atoms with van der Waals surface area (Å²) in [4.78, 5) is 27.2. The second-order valence-electron chi connectivity index (χ2n) is 8.13. The molecule has 0 radical (unpaired) electrons. The van der Waals surface area contributed by atoms with Crippen molar-refractivity contribution in [2.75, 3.05) is 13.1 Å². The van der Waals surface area contributed by atoms with Crippen molar-refractivity contribution in [2.45, 2.75) is 89.5 Å². The summed E-state index contributed by atoms with van der Waals surface area (Å²) in [6, 6.07) is 0.391. The topological polar surface area (TPSA) is 49.4 Å². The molecule has 24 heavy (non-hydrogen) atoms. The molecular formula is C20H34N2O2. The third kappa shape index (κ3) is 4.73. The Morgan fingerprint density at radius 2 is 1.21 bits per heavy atom. The number of nitrogens with zero attached hydrogens (tertiary/aromatic N) is 1. The van der Waals surface area contributed by atoms with Crippen molar-refractivity contribution >= 4 is 11.8 Å². The quantitative estimate of drug-likeness (QED) is 0.801. The van der Waals surface area contributed by atoms with E-state index in [0.29, 0.717) is 11.9 Å². The summed E-state index contributed by atoms with van der Waals surface area (Å²) in [7, 11) is 0. The molecule has 3 rings (SSSR count). The van der Waals surface area contributed by atoms with E-state index in [1.165, 1.54) is 44.9 Å². The van der Waals surface area contributed by atoms with E-state index in [0.717, 1.165) is 51.6 Å². The molecule has 4 nitrogen and oxygen atoms in total. The molecule has 0 aromatic carbocycles. The smallest absolute Gasteiger partial charge is 0.225 e. The van der Waals surface area contributed by atoms with Gasteiger partial charge in [0.2, 0.25) is 11.8 Å².